The van der Waals surface area contributed by atoms with Crippen LogP contribution >= 0.6 is 27.5 Å². The smallest absolute Gasteiger partial charge is 0.294 e. The molecule has 0 spiro atoms. The molecule has 12 heavy (non-hydrogen) atoms. The standard InChI is InChI=1S/C7H6BrClN2O/c8-6-4-10-7(12)11(5-6)3-1-2-9/h1-2,4-5H,3H2. The van der Waals surface area contributed by atoms with Gasteiger partial charge in [-0.05, 0) is 15.9 Å². The Morgan fingerprint density at radius 2 is 2.50 bits per heavy atom. The van der Waals surface area contributed by atoms with Crippen molar-refractivity contribution in [3.8, 4) is 0 Å². The van der Waals surface area contributed by atoms with Gasteiger partial charge in [0.2, 0.25) is 0 Å². The van der Waals surface area contributed by atoms with Gasteiger partial charge >= 0.3 is 5.69 Å². The second kappa shape index (κ2) is 4.42. The lowest BCUT2D eigenvalue weighted by Gasteiger charge is -1.99. The summed E-state index contributed by atoms with van der Waals surface area (Å²) in [4.78, 5) is 14.6. The molecule has 0 radical (unpaired) electrons. The molecule has 64 valence electrons. The maximum absolute atomic E-state index is 11.0. The van der Waals surface area contributed by atoms with Gasteiger partial charge in [0.05, 0.1) is 4.47 Å². The first-order valence-electron chi connectivity index (χ1n) is 3.21. The minimum atomic E-state index is -0.284. The number of aromatic nitrogens is 2. The SMILES string of the molecule is O=c1ncc(Br)cn1CC=CCl. The van der Waals surface area contributed by atoms with E-state index in [0.29, 0.717) is 6.54 Å². The Morgan fingerprint density at radius 1 is 1.75 bits per heavy atom. The van der Waals surface area contributed by atoms with Crippen molar-refractivity contribution in [1.82, 2.24) is 9.55 Å². The second-order valence-electron chi connectivity index (χ2n) is 2.07. The van der Waals surface area contributed by atoms with E-state index in [1.807, 2.05) is 0 Å². The Hall–Kier alpha value is -0.610. The van der Waals surface area contributed by atoms with E-state index in [2.05, 4.69) is 20.9 Å². The summed E-state index contributed by atoms with van der Waals surface area (Å²) in [5.41, 5.74) is 1.08. The first-order valence-corrected chi connectivity index (χ1v) is 4.44. The molecule has 1 heterocycles. The molecule has 0 aliphatic rings. The molecule has 1 aromatic rings. The van der Waals surface area contributed by atoms with E-state index in [1.54, 1.807) is 12.3 Å². The van der Waals surface area contributed by atoms with Crippen LogP contribution in [0.3, 0.4) is 0 Å². The van der Waals surface area contributed by atoms with Gasteiger partial charge in [0.15, 0.2) is 0 Å². The molecule has 0 saturated carbocycles. The summed E-state index contributed by atoms with van der Waals surface area (Å²) < 4.78 is 2.22. The third kappa shape index (κ3) is 2.46. The van der Waals surface area contributed by atoms with E-state index in [0.717, 1.165) is 4.47 Å². The lowest BCUT2D eigenvalue weighted by Crippen LogP contribution is -2.21. The molecule has 0 aliphatic heterocycles. The Bertz CT molecular complexity index is 348. The molecule has 1 rings (SSSR count). The lowest BCUT2D eigenvalue weighted by atomic mass is 10.5. The predicted octanol–water partition coefficient (Wildman–Crippen LogP) is 1.76. The Labute approximate surface area is 82.8 Å². The van der Waals surface area contributed by atoms with E-state index >= 15 is 0 Å². The number of hydrogen-bond donors (Lipinski definition) is 0. The van der Waals surface area contributed by atoms with Gasteiger partial charge in [0.25, 0.3) is 0 Å². The van der Waals surface area contributed by atoms with Crippen LogP contribution in [0.2, 0.25) is 0 Å². The molecule has 0 fully saturated rings. The fraction of sp³-hybridized carbons (Fsp3) is 0.143. The van der Waals surface area contributed by atoms with Crippen molar-refractivity contribution < 1.29 is 0 Å². The van der Waals surface area contributed by atoms with Gasteiger partial charge in [-0.15, -0.1) is 0 Å². The zero-order valence-corrected chi connectivity index (χ0v) is 8.42. The quantitative estimate of drug-likeness (QED) is 0.800. The molecule has 1 aromatic heterocycles. The average Bonchev–Trinajstić information content (AvgIpc) is 2.07. The van der Waals surface area contributed by atoms with Crippen LogP contribution in [0.15, 0.2) is 33.3 Å². The van der Waals surface area contributed by atoms with Crippen LogP contribution < -0.4 is 5.69 Å². The van der Waals surface area contributed by atoms with Gasteiger partial charge in [-0.2, -0.15) is 0 Å². The van der Waals surface area contributed by atoms with Gasteiger partial charge in [0, 0.05) is 24.5 Å². The summed E-state index contributed by atoms with van der Waals surface area (Å²) >= 11 is 8.52. The van der Waals surface area contributed by atoms with Crippen molar-refractivity contribution in [2.45, 2.75) is 6.54 Å². The number of hydrogen-bond acceptors (Lipinski definition) is 2. The highest BCUT2D eigenvalue weighted by molar-refractivity contribution is 9.10. The highest BCUT2D eigenvalue weighted by Crippen LogP contribution is 2.02. The average molecular weight is 249 g/mol. The highest BCUT2D eigenvalue weighted by Gasteiger charge is 1.94. The van der Waals surface area contributed by atoms with Crippen molar-refractivity contribution in [3.63, 3.8) is 0 Å². The molecule has 5 heteroatoms. The van der Waals surface area contributed by atoms with Gasteiger partial charge < -0.3 is 0 Å². The molecule has 0 atom stereocenters. The van der Waals surface area contributed by atoms with Gasteiger partial charge in [-0.1, -0.05) is 17.7 Å². The van der Waals surface area contributed by atoms with Crippen LogP contribution in [0.25, 0.3) is 0 Å². The topological polar surface area (TPSA) is 34.9 Å². The maximum Gasteiger partial charge on any atom is 0.347 e. The summed E-state index contributed by atoms with van der Waals surface area (Å²) in [6.45, 7) is 0.439. The van der Waals surface area contributed by atoms with Gasteiger partial charge in [-0.25, -0.2) is 9.78 Å². The van der Waals surface area contributed by atoms with E-state index in [4.69, 9.17) is 11.6 Å². The predicted molar refractivity (Wildman–Crippen MR) is 51.2 cm³/mol. The summed E-state index contributed by atoms with van der Waals surface area (Å²) in [6.07, 6.45) is 4.78. The zero-order valence-electron chi connectivity index (χ0n) is 6.08. The Balaban J connectivity index is 2.97. The largest absolute Gasteiger partial charge is 0.347 e. The van der Waals surface area contributed by atoms with E-state index in [1.165, 1.54) is 16.3 Å². The van der Waals surface area contributed by atoms with Crippen LogP contribution in [0.5, 0.6) is 0 Å². The minimum absolute atomic E-state index is 0.284. The van der Waals surface area contributed by atoms with Crippen molar-refractivity contribution in [2.75, 3.05) is 0 Å². The van der Waals surface area contributed by atoms with Crippen LogP contribution in [-0.2, 0) is 6.54 Å². The van der Waals surface area contributed by atoms with E-state index in [-0.39, 0.29) is 5.69 Å². The molecule has 0 amide bonds. The number of nitrogens with zero attached hydrogens (tertiary/aromatic N) is 2. The second-order valence-corrected chi connectivity index (χ2v) is 3.24. The van der Waals surface area contributed by atoms with Gasteiger partial charge in [0.1, 0.15) is 0 Å². The summed E-state index contributed by atoms with van der Waals surface area (Å²) in [7, 11) is 0. The third-order valence-electron chi connectivity index (χ3n) is 1.21. The molecular weight excluding hydrogens is 243 g/mol. The summed E-state index contributed by atoms with van der Waals surface area (Å²) in [6, 6.07) is 0. The number of allylic oxidation sites excluding steroid dienone is 1. The molecule has 0 unspecified atom stereocenters. The van der Waals surface area contributed by atoms with Crippen LogP contribution in [-0.4, -0.2) is 9.55 Å². The fourth-order valence-electron chi connectivity index (χ4n) is 0.713. The Morgan fingerprint density at radius 3 is 3.17 bits per heavy atom. The minimum Gasteiger partial charge on any atom is -0.294 e. The molecule has 0 saturated heterocycles. The normalized spacial score (nSPS) is 10.8. The monoisotopic (exact) mass is 248 g/mol. The lowest BCUT2D eigenvalue weighted by molar-refractivity contribution is 0.739. The van der Waals surface area contributed by atoms with E-state index in [9.17, 15) is 4.79 Å². The molecule has 0 aliphatic carbocycles. The number of rotatable bonds is 2. The first-order chi connectivity index (χ1) is 5.74. The molecule has 0 N–H and O–H groups in total. The molecule has 0 bridgehead atoms. The molecular formula is C7H6BrClN2O. The number of halogens is 2. The van der Waals surface area contributed by atoms with Crippen molar-refractivity contribution in [2.24, 2.45) is 0 Å². The summed E-state index contributed by atoms with van der Waals surface area (Å²) in [5.74, 6) is 0. The van der Waals surface area contributed by atoms with Crippen molar-refractivity contribution >= 4 is 27.5 Å². The van der Waals surface area contributed by atoms with Crippen LogP contribution in [0, 0.1) is 0 Å². The highest BCUT2D eigenvalue weighted by atomic mass is 79.9. The molecule has 0 aromatic carbocycles. The van der Waals surface area contributed by atoms with Crippen LogP contribution in [0.4, 0.5) is 0 Å². The van der Waals surface area contributed by atoms with Gasteiger partial charge in [-0.3, -0.25) is 4.57 Å². The Kier molecular flexibility index (Phi) is 3.49. The third-order valence-corrected chi connectivity index (χ3v) is 1.80. The fourth-order valence-corrected chi connectivity index (χ4v) is 1.14. The summed E-state index contributed by atoms with van der Waals surface area (Å²) in [5, 5.41) is 0. The zero-order chi connectivity index (χ0) is 8.97. The maximum atomic E-state index is 11.0. The van der Waals surface area contributed by atoms with E-state index < -0.39 is 0 Å². The van der Waals surface area contributed by atoms with Crippen LogP contribution in [0.1, 0.15) is 0 Å². The molecule has 3 nitrogen and oxygen atoms in total. The van der Waals surface area contributed by atoms with Crippen molar-refractivity contribution in [1.29, 1.82) is 0 Å². The first kappa shape index (κ1) is 9.48. The van der Waals surface area contributed by atoms with Crippen molar-refractivity contribution in [3.05, 3.63) is 39.0 Å².